The van der Waals surface area contributed by atoms with E-state index in [0.29, 0.717) is 6.42 Å². The molecule has 1 unspecified atom stereocenters. The van der Waals surface area contributed by atoms with Crippen LogP contribution >= 0.6 is 23.2 Å². The van der Waals surface area contributed by atoms with Gasteiger partial charge in [0.15, 0.2) is 6.10 Å². The molecule has 0 spiro atoms. The molecule has 1 N–H and O–H groups in total. The average Bonchev–Trinajstić information content (AvgIpc) is 2.24. The van der Waals surface area contributed by atoms with Crippen LogP contribution < -0.4 is 4.74 Å². The van der Waals surface area contributed by atoms with Gasteiger partial charge in [-0.25, -0.2) is 0 Å². The maximum absolute atomic E-state index is 12.5. The molecule has 0 bridgehead atoms. The van der Waals surface area contributed by atoms with Gasteiger partial charge in [-0.2, -0.15) is 13.2 Å². The molecule has 0 saturated carbocycles. The molecule has 0 aliphatic heterocycles. The van der Waals surface area contributed by atoms with Gasteiger partial charge in [-0.1, -0.05) is 30.1 Å². The predicted molar refractivity (Wildman–Crippen MR) is 63.3 cm³/mol. The highest BCUT2D eigenvalue weighted by molar-refractivity contribution is 6.35. The van der Waals surface area contributed by atoms with E-state index in [1.165, 1.54) is 6.07 Å². The Morgan fingerprint density at radius 3 is 2.44 bits per heavy atom. The summed E-state index contributed by atoms with van der Waals surface area (Å²) in [5.74, 6) is -0.187. The quantitative estimate of drug-likeness (QED) is 0.894. The summed E-state index contributed by atoms with van der Waals surface area (Å²) in [5.41, 5.74) is -0.478. The number of aliphatic hydroxyl groups excluding tert-OH is 1. The fraction of sp³-hybridized carbons (Fsp3) is 0.455. The minimum Gasteiger partial charge on any atom is -0.492 e. The Morgan fingerprint density at radius 2 is 1.94 bits per heavy atom. The molecule has 1 aromatic carbocycles. The summed E-state index contributed by atoms with van der Waals surface area (Å²) in [6, 6.07) is 2.26. The zero-order chi connectivity index (χ0) is 13.9. The number of aliphatic hydroxyl groups is 1. The first-order chi connectivity index (χ1) is 8.27. The van der Waals surface area contributed by atoms with E-state index in [9.17, 15) is 18.3 Å². The number of rotatable bonds is 4. The second-order valence-corrected chi connectivity index (χ2v) is 4.44. The Bertz CT molecular complexity index is 421. The maximum Gasteiger partial charge on any atom is 0.418 e. The van der Waals surface area contributed by atoms with Crippen LogP contribution in [0.2, 0.25) is 10.0 Å². The molecule has 18 heavy (non-hydrogen) atoms. The van der Waals surface area contributed by atoms with Crippen LogP contribution in [-0.4, -0.2) is 17.9 Å². The first kappa shape index (κ1) is 15.4. The van der Waals surface area contributed by atoms with Gasteiger partial charge in [-0.05, 0) is 18.6 Å². The van der Waals surface area contributed by atoms with Crippen LogP contribution in [0.1, 0.15) is 25.0 Å². The molecule has 0 aliphatic carbocycles. The van der Waals surface area contributed by atoms with Crippen molar-refractivity contribution >= 4 is 23.2 Å². The molecule has 102 valence electrons. The number of hydrogen-bond donors (Lipinski definition) is 1. The van der Waals surface area contributed by atoms with Crippen molar-refractivity contribution in [3.63, 3.8) is 0 Å². The Kier molecular flexibility index (Phi) is 5.13. The molecular formula is C11H11Cl2F3O2. The molecule has 0 heterocycles. The highest BCUT2D eigenvalue weighted by atomic mass is 35.5. The molecule has 1 aromatic rings. The second-order valence-electron chi connectivity index (χ2n) is 3.60. The van der Waals surface area contributed by atoms with Crippen LogP contribution in [0.4, 0.5) is 13.2 Å². The third-order valence-electron chi connectivity index (χ3n) is 2.09. The lowest BCUT2D eigenvalue weighted by molar-refractivity contribution is -0.207. The standard InChI is InChI=1S/C11H11Cl2F3O2/c1-2-3-18-9-7(10(17)11(14,15)16)4-6(12)5-8(9)13/h4-5,10,17H,2-3H2,1H3. The summed E-state index contributed by atoms with van der Waals surface area (Å²) in [6.45, 7) is 1.99. The van der Waals surface area contributed by atoms with E-state index >= 15 is 0 Å². The summed E-state index contributed by atoms with van der Waals surface area (Å²) >= 11 is 11.4. The van der Waals surface area contributed by atoms with Crippen molar-refractivity contribution in [3.05, 3.63) is 27.7 Å². The number of ether oxygens (including phenoxy) is 1. The van der Waals surface area contributed by atoms with Gasteiger partial charge in [0, 0.05) is 10.6 Å². The molecule has 1 atom stereocenters. The molecule has 0 saturated heterocycles. The molecule has 0 radical (unpaired) electrons. The fourth-order valence-electron chi connectivity index (χ4n) is 1.32. The van der Waals surface area contributed by atoms with Crippen molar-refractivity contribution in [1.82, 2.24) is 0 Å². The lowest BCUT2D eigenvalue weighted by Gasteiger charge is -2.19. The van der Waals surface area contributed by atoms with Gasteiger partial charge in [0.25, 0.3) is 0 Å². The largest absolute Gasteiger partial charge is 0.492 e. The third-order valence-corrected chi connectivity index (χ3v) is 2.59. The summed E-state index contributed by atoms with van der Waals surface area (Å²) in [7, 11) is 0. The summed E-state index contributed by atoms with van der Waals surface area (Å²) < 4.78 is 42.7. The Balaban J connectivity index is 3.22. The van der Waals surface area contributed by atoms with Crippen LogP contribution in [0.25, 0.3) is 0 Å². The van der Waals surface area contributed by atoms with Crippen LogP contribution in [0, 0.1) is 0 Å². The van der Waals surface area contributed by atoms with E-state index in [4.69, 9.17) is 27.9 Å². The van der Waals surface area contributed by atoms with Gasteiger partial charge in [-0.15, -0.1) is 0 Å². The van der Waals surface area contributed by atoms with Gasteiger partial charge >= 0.3 is 6.18 Å². The van der Waals surface area contributed by atoms with Gasteiger partial charge in [-0.3, -0.25) is 0 Å². The number of hydrogen-bond acceptors (Lipinski definition) is 2. The van der Waals surface area contributed by atoms with E-state index in [-0.39, 0.29) is 22.4 Å². The summed E-state index contributed by atoms with van der Waals surface area (Å²) in [6.07, 6.45) is -6.89. The highest BCUT2D eigenvalue weighted by Crippen LogP contribution is 2.42. The van der Waals surface area contributed by atoms with Gasteiger partial charge in [0.05, 0.1) is 11.6 Å². The molecule has 0 fully saturated rings. The third kappa shape index (κ3) is 3.67. The van der Waals surface area contributed by atoms with E-state index < -0.39 is 17.8 Å². The first-order valence-electron chi connectivity index (χ1n) is 5.14. The molecule has 0 aliphatic rings. The SMILES string of the molecule is CCCOc1c(Cl)cc(Cl)cc1C(O)C(F)(F)F. The normalized spacial score (nSPS) is 13.5. The van der Waals surface area contributed by atoms with Crippen LogP contribution in [0.15, 0.2) is 12.1 Å². The Labute approximate surface area is 112 Å². The first-order valence-corrected chi connectivity index (χ1v) is 5.89. The molecule has 1 rings (SSSR count). The zero-order valence-electron chi connectivity index (χ0n) is 9.39. The smallest absolute Gasteiger partial charge is 0.418 e. The second kappa shape index (κ2) is 5.99. The lowest BCUT2D eigenvalue weighted by Crippen LogP contribution is -2.21. The van der Waals surface area contributed by atoms with E-state index in [2.05, 4.69) is 0 Å². The predicted octanol–water partition coefficient (Wildman–Crippen LogP) is 4.38. The van der Waals surface area contributed by atoms with Crippen molar-refractivity contribution in [2.45, 2.75) is 25.6 Å². The van der Waals surface area contributed by atoms with Crippen molar-refractivity contribution in [2.75, 3.05) is 6.61 Å². The zero-order valence-corrected chi connectivity index (χ0v) is 10.9. The minimum atomic E-state index is -4.81. The molecule has 7 heteroatoms. The molecular weight excluding hydrogens is 292 g/mol. The molecule has 0 amide bonds. The highest BCUT2D eigenvalue weighted by Gasteiger charge is 2.41. The van der Waals surface area contributed by atoms with Gasteiger partial charge in [0.1, 0.15) is 5.75 Å². The number of alkyl halides is 3. The summed E-state index contributed by atoms with van der Waals surface area (Å²) in [5, 5.41) is 9.20. The maximum atomic E-state index is 12.5. The average molecular weight is 303 g/mol. The van der Waals surface area contributed by atoms with E-state index in [1.807, 2.05) is 0 Å². The van der Waals surface area contributed by atoms with Gasteiger partial charge in [0.2, 0.25) is 0 Å². The van der Waals surface area contributed by atoms with Crippen molar-refractivity contribution in [1.29, 1.82) is 0 Å². The van der Waals surface area contributed by atoms with E-state index in [0.717, 1.165) is 6.07 Å². The molecule has 0 aromatic heterocycles. The Morgan fingerprint density at radius 1 is 1.33 bits per heavy atom. The van der Waals surface area contributed by atoms with Crippen molar-refractivity contribution in [2.24, 2.45) is 0 Å². The van der Waals surface area contributed by atoms with Crippen LogP contribution in [0.3, 0.4) is 0 Å². The van der Waals surface area contributed by atoms with Crippen molar-refractivity contribution < 1.29 is 23.0 Å². The number of halogens is 5. The van der Waals surface area contributed by atoms with E-state index in [1.54, 1.807) is 6.92 Å². The summed E-state index contributed by atoms with van der Waals surface area (Å²) in [4.78, 5) is 0. The van der Waals surface area contributed by atoms with Crippen LogP contribution in [0.5, 0.6) is 5.75 Å². The molecule has 2 nitrogen and oxygen atoms in total. The minimum absolute atomic E-state index is 0.00199. The van der Waals surface area contributed by atoms with Crippen molar-refractivity contribution in [3.8, 4) is 5.75 Å². The monoisotopic (exact) mass is 302 g/mol. The lowest BCUT2D eigenvalue weighted by atomic mass is 10.1. The van der Waals surface area contributed by atoms with Crippen LogP contribution in [-0.2, 0) is 0 Å². The topological polar surface area (TPSA) is 29.5 Å². The van der Waals surface area contributed by atoms with Gasteiger partial charge < -0.3 is 9.84 Å². The Hall–Kier alpha value is -0.650. The fourth-order valence-corrected chi connectivity index (χ4v) is 1.88. The number of benzene rings is 1.